The summed E-state index contributed by atoms with van der Waals surface area (Å²) in [7, 11) is 0. The molecule has 2 atom stereocenters. The lowest BCUT2D eigenvalue weighted by Crippen LogP contribution is -2.51. The number of hydrogen-bond donors (Lipinski definition) is 2. The molecule has 1 amide bonds. The largest absolute Gasteiger partial charge is 0.444 e. The van der Waals surface area contributed by atoms with Crippen LogP contribution in [0.3, 0.4) is 0 Å². The highest BCUT2D eigenvalue weighted by Crippen LogP contribution is 2.20. The summed E-state index contributed by atoms with van der Waals surface area (Å²) in [6, 6.07) is 0.610. The second-order valence-electron chi connectivity index (χ2n) is 8.35. The Hall–Kier alpha value is -1.50. The lowest BCUT2D eigenvalue weighted by molar-refractivity contribution is 0.0104. The van der Waals surface area contributed by atoms with Crippen molar-refractivity contribution in [3.05, 3.63) is 0 Å². The lowest BCUT2D eigenvalue weighted by Gasteiger charge is -2.36. The van der Waals surface area contributed by atoms with Gasteiger partial charge in [-0.05, 0) is 66.0 Å². The second kappa shape index (κ2) is 9.44. The number of piperidine rings is 1. The number of rotatable bonds is 5. The number of nitrogens with one attached hydrogen (secondary N) is 1. The highest BCUT2D eigenvalue weighted by atomic mass is 16.6. The van der Waals surface area contributed by atoms with Crippen molar-refractivity contribution < 1.29 is 9.53 Å². The summed E-state index contributed by atoms with van der Waals surface area (Å²) in [4.78, 5) is 21.3. The Balaban J connectivity index is 1.83. The molecule has 7 nitrogen and oxygen atoms in total. The van der Waals surface area contributed by atoms with Crippen LogP contribution in [0.25, 0.3) is 0 Å². The summed E-state index contributed by atoms with van der Waals surface area (Å²) < 4.78 is 5.55. The van der Waals surface area contributed by atoms with E-state index in [1.54, 1.807) is 0 Å². The predicted octanol–water partition coefficient (Wildman–Crippen LogP) is 2.16. The molecule has 0 bridgehead atoms. The van der Waals surface area contributed by atoms with Gasteiger partial charge in [-0.2, -0.15) is 0 Å². The molecule has 0 aromatic rings. The maximum absolute atomic E-state index is 12.4. The summed E-state index contributed by atoms with van der Waals surface area (Å²) in [5.41, 5.74) is 5.59. The molecule has 3 N–H and O–H groups in total. The molecule has 0 aromatic heterocycles. The molecule has 2 saturated heterocycles. The topological polar surface area (TPSA) is 83.2 Å². The van der Waals surface area contributed by atoms with E-state index in [-0.39, 0.29) is 12.1 Å². The van der Waals surface area contributed by atoms with Gasteiger partial charge in [-0.15, -0.1) is 0 Å². The van der Waals surface area contributed by atoms with Crippen LogP contribution in [0, 0.1) is 0 Å². The van der Waals surface area contributed by atoms with E-state index in [2.05, 4.69) is 22.1 Å². The molecule has 150 valence electrons. The van der Waals surface area contributed by atoms with Crippen molar-refractivity contribution in [2.24, 2.45) is 10.7 Å². The molecule has 2 fully saturated rings. The predicted molar refractivity (Wildman–Crippen MR) is 105 cm³/mol. The van der Waals surface area contributed by atoms with E-state index in [1.807, 2.05) is 25.7 Å². The van der Waals surface area contributed by atoms with E-state index >= 15 is 0 Å². The van der Waals surface area contributed by atoms with E-state index < -0.39 is 5.60 Å². The Morgan fingerprint density at radius 3 is 2.62 bits per heavy atom. The molecule has 0 aliphatic carbocycles. The number of carbonyl (C=O) groups excluding carboxylic acids is 1. The third-order valence-electron chi connectivity index (χ3n) is 5.15. The van der Waals surface area contributed by atoms with Gasteiger partial charge in [0.1, 0.15) is 5.60 Å². The summed E-state index contributed by atoms with van der Waals surface area (Å²) in [6.45, 7) is 12.2. The Bertz CT molecular complexity index is 489. The average Bonchev–Trinajstić information content (AvgIpc) is 3.04. The molecule has 0 radical (unpaired) electrons. The quantitative estimate of drug-likeness (QED) is 0.575. The van der Waals surface area contributed by atoms with Crippen molar-refractivity contribution in [1.29, 1.82) is 0 Å². The van der Waals surface area contributed by atoms with Crippen molar-refractivity contribution in [2.45, 2.75) is 77.5 Å². The van der Waals surface area contributed by atoms with E-state index in [0.717, 1.165) is 45.4 Å². The molecule has 2 heterocycles. The number of hydrogen-bond acceptors (Lipinski definition) is 4. The van der Waals surface area contributed by atoms with Crippen LogP contribution in [0.1, 0.15) is 59.8 Å². The van der Waals surface area contributed by atoms with Gasteiger partial charge in [0.2, 0.25) is 0 Å². The maximum atomic E-state index is 12.4. The van der Waals surface area contributed by atoms with Crippen LogP contribution in [0.5, 0.6) is 0 Å². The van der Waals surface area contributed by atoms with Crippen LogP contribution in [0.2, 0.25) is 0 Å². The van der Waals surface area contributed by atoms with Crippen LogP contribution in [-0.2, 0) is 4.74 Å². The molecular formula is C19H37N5O2. The van der Waals surface area contributed by atoms with Gasteiger partial charge < -0.3 is 20.7 Å². The third kappa shape index (κ3) is 6.34. The van der Waals surface area contributed by atoms with E-state index in [0.29, 0.717) is 18.5 Å². The number of likely N-dealkylation sites (N-methyl/N-ethyl adjacent to an activating group) is 1. The molecule has 2 aliphatic heterocycles. The first-order valence-corrected chi connectivity index (χ1v) is 10.1. The number of likely N-dealkylation sites (tertiary alicyclic amines) is 2. The Kier molecular flexibility index (Phi) is 7.55. The van der Waals surface area contributed by atoms with Crippen molar-refractivity contribution >= 4 is 12.1 Å². The van der Waals surface area contributed by atoms with Crippen LogP contribution in [0.15, 0.2) is 4.99 Å². The van der Waals surface area contributed by atoms with Crippen LogP contribution >= 0.6 is 0 Å². The lowest BCUT2D eigenvalue weighted by atomic mass is 10.0. The number of nitrogens with zero attached hydrogens (tertiary/aromatic N) is 3. The molecule has 2 rings (SSSR count). The number of amides is 1. The molecule has 2 aliphatic rings. The van der Waals surface area contributed by atoms with Crippen LogP contribution < -0.4 is 11.1 Å². The zero-order chi connectivity index (χ0) is 19.2. The molecule has 2 unspecified atom stereocenters. The Morgan fingerprint density at radius 2 is 1.92 bits per heavy atom. The molecule has 0 aromatic carbocycles. The normalized spacial score (nSPS) is 25.4. The maximum Gasteiger partial charge on any atom is 0.410 e. The number of ether oxygens (including phenoxy) is 1. The summed E-state index contributed by atoms with van der Waals surface area (Å²) in [5, 5.41) is 3.22. The van der Waals surface area contributed by atoms with E-state index in [4.69, 9.17) is 10.5 Å². The number of nitrogens with two attached hydrogens (primary N) is 1. The molecule has 7 heteroatoms. The summed E-state index contributed by atoms with van der Waals surface area (Å²) >= 11 is 0. The highest BCUT2D eigenvalue weighted by molar-refractivity contribution is 5.78. The minimum Gasteiger partial charge on any atom is -0.444 e. The first kappa shape index (κ1) is 20.8. The Morgan fingerprint density at radius 1 is 1.19 bits per heavy atom. The molecule has 0 saturated carbocycles. The van der Waals surface area contributed by atoms with E-state index in [9.17, 15) is 4.79 Å². The second-order valence-corrected chi connectivity index (χ2v) is 8.35. The summed E-state index contributed by atoms with van der Waals surface area (Å²) in [5.74, 6) is 0.475. The van der Waals surface area contributed by atoms with Crippen molar-refractivity contribution in [3.8, 4) is 0 Å². The molecule has 0 spiro atoms. The third-order valence-corrected chi connectivity index (χ3v) is 5.15. The van der Waals surface area contributed by atoms with Gasteiger partial charge in [-0.3, -0.25) is 9.89 Å². The van der Waals surface area contributed by atoms with Gasteiger partial charge in [0.15, 0.2) is 5.96 Å². The zero-order valence-electron chi connectivity index (χ0n) is 17.0. The first-order chi connectivity index (χ1) is 12.3. The fourth-order valence-electron chi connectivity index (χ4n) is 3.77. The summed E-state index contributed by atoms with van der Waals surface area (Å²) in [6.07, 6.45) is 5.31. The minimum absolute atomic E-state index is 0.103. The van der Waals surface area contributed by atoms with Crippen molar-refractivity contribution in [3.63, 3.8) is 0 Å². The van der Waals surface area contributed by atoms with Crippen molar-refractivity contribution in [2.75, 3.05) is 32.7 Å². The highest BCUT2D eigenvalue weighted by Gasteiger charge is 2.30. The van der Waals surface area contributed by atoms with E-state index in [1.165, 1.54) is 12.8 Å². The molecule has 26 heavy (non-hydrogen) atoms. The number of guanidine groups is 1. The molecular weight excluding hydrogens is 330 g/mol. The van der Waals surface area contributed by atoms with Gasteiger partial charge in [-0.25, -0.2) is 4.79 Å². The Labute approximate surface area is 158 Å². The average molecular weight is 368 g/mol. The van der Waals surface area contributed by atoms with Crippen LogP contribution in [-0.4, -0.2) is 72.3 Å². The fourth-order valence-corrected chi connectivity index (χ4v) is 3.77. The standard InChI is InChI=1S/C19H37N5O2/c1-5-23-11-8-10-15(23)13-21-17(20)22-14-16-9-6-7-12-24(16)18(25)26-19(2,3)4/h15-16H,5-14H2,1-4H3,(H3,20,21,22). The minimum atomic E-state index is -0.473. The van der Waals surface area contributed by atoms with Gasteiger partial charge in [0.05, 0.1) is 12.6 Å². The first-order valence-electron chi connectivity index (χ1n) is 10.1. The fraction of sp³-hybridized carbons (Fsp3) is 0.895. The number of aliphatic imine (C=N–C) groups is 1. The SMILES string of the molecule is CCN1CCCC1CN=C(N)NCC1CCCCN1C(=O)OC(C)(C)C. The smallest absolute Gasteiger partial charge is 0.410 e. The van der Waals surface area contributed by atoms with Crippen molar-refractivity contribution in [1.82, 2.24) is 15.1 Å². The zero-order valence-corrected chi connectivity index (χ0v) is 17.0. The van der Waals surface area contributed by atoms with Gasteiger partial charge in [-0.1, -0.05) is 6.92 Å². The number of carbonyl (C=O) groups is 1. The van der Waals surface area contributed by atoms with Gasteiger partial charge >= 0.3 is 6.09 Å². The monoisotopic (exact) mass is 367 g/mol. The van der Waals surface area contributed by atoms with Crippen LogP contribution in [0.4, 0.5) is 4.79 Å². The van der Waals surface area contributed by atoms with Gasteiger partial charge in [0.25, 0.3) is 0 Å². The van der Waals surface area contributed by atoms with Gasteiger partial charge in [0, 0.05) is 19.1 Å².